The van der Waals surface area contributed by atoms with Crippen molar-refractivity contribution in [1.29, 1.82) is 0 Å². The fourth-order valence-corrected chi connectivity index (χ4v) is 2.57. The zero-order chi connectivity index (χ0) is 19.1. The van der Waals surface area contributed by atoms with Gasteiger partial charge in [-0.25, -0.2) is 4.39 Å². The third-order valence-corrected chi connectivity index (χ3v) is 4.07. The van der Waals surface area contributed by atoms with Crippen LogP contribution in [0.2, 0.25) is 0 Å². The molecule has 0 saturated carbocycles. The van der Waals surface area contributed by atoms with E-state index in [0.29, 0.717) is 12.3 Å². The van der Waals surface area contributed by atoms with Crippen LogP contribution in [0, 0.1) is 5.82 Å². The van der Waals surface area contributed by atoms with E-state index in [0.717, 1.165) is 11.3 Å². The van der Waals surface area contributed by atoms with Gasteiger partial charge in [0.25, 0.3) is 5.91 Å². The Labute approximate surface area is 153 Å². The zero-order valence-electron chi connectivity index (χ0n) is 15.5. The first-order chi connectivity index (χ1) is 12.4. The number of nitrogens with zero attached hydrogens (tertiary/aromatic N) is 1. The number of ether oxygens (including phenoxy) is 2. The first-order valence-electron chi connectivity index (χ1n) is 8.41. The summed E-state index contributed by atoms with van der Waals surface area (Å²) >= 11 is 0. The van der Waals surface area contributed by atoms with E-state index >= 15 is 0 Å². The number of carbonyl (C=O) groups excluding carboxylic acids is 1. The highest BCUT2D eigenvalue weighted by Gasteiger charge is 2.19. The summed E-state index contributed by atoms with van der Waals surface area (Å²) in [5, 5.41) is 2.87. The molecule has 2 unspecified atom stereocenters. The molecule has 1 amide bonds. The Morgan fingerprint density at radius 2 is 1.81 bits per heavy atom. The number of amides is 1. The molecule has 0 aliphatic carbocycles. The molecule has 0 aliphatic heterocycles. The van der Waals surface area contributed by atoms with Crippen molar-refractivity contribution in [3.8, 4) is 11.5 Å². The van der Waals surface area contributed by atoms with Crippen LogP contribution in [0.4, 0.5) is 4.39 Å². The third kappa shape index (κ3) is 5.46. The predicted molar refractivity (Wildman–Crippen MR) is 98.9 cm³/mol. The van der Waals surface area contributed by atoms with Gasteiger partial charge in [-0.15, -0.1) is 0 Å². The predicted octanol–water partition coefficient (Wildman–Crippen LogP) is 3.02. The molecule has 2 aromatic rings. The maximum atomic E-state index is 13.5. The molecule has 0 fully saturated rings. The SMILES string of the molecule is COc1ccc(OC(C)C(=O)NCC(c2cccc(F)c2)N(C)C)cc1. The average Bonchev–Trinajstić information content (AvgIpc) is 2.62. The van der Waals surface area contributed by atoms with Crippen LogP contribution in [-0.4, -0.2) is 44.7 Å². The lowest BCUT2D eigenvalue weighted by atomic mass is 10.1. The van der Waals surface area contributed by atoms with Crippen LogP contribution in [0.5, 0.6) is 11.5 Å². The first kappa shape index (κ1) is 19.7. The molecule has 140 valence electrons. The van der Waals surface area contributed by atoms with Gasteiger partial charge in [0.1, 0.15) is 17.3 Å². The molecule has 0 bridgehead atoms. The van der Waals surface area contributed by atoms with E-state index in [1.807, 2.05) is 25.1 Å². The lowest BCUT2D eigenvalue weighted by Gasteiger charge is -2.26. The van der Waals surface area contributed by atoms with E-state index in [-0.39, 0.29) is 17.8 Å². The van der Waals surface area contributed by atoms with Crippen LogP contribution in [0.3, 0.4) is 0 Å². The monoisotopic (exact) mass is 360 g/mol. The minimum absolute atomic E-state index is 0.136. The minimum Gasteiger partial charge on any atom is -0.497 e. The van der Waals surface area contributed by atoms with Gasteiger partial charge in [-0.05, 0) is 63.0 Å². The average molecular weight is 360 g/mol. The number of carbonyl (C=O) groups is 1. The molecule has 2 rings (SSSR count). The first-order valence-corrected chi connectivity index (χ1v) is 8.41. The molecule has 0 aromatic heterocycles. The molecule has 2 atom stereocenters. The number of methoxy groups -OCH3 is 1. The number of hydrogen-bond acceptors (Lipinski definition) is 4. The second kappa shape index (κ2) is 9.20. The molecule has 1 N–H and O–H groups in total. The maximum absolute atomic E-state index is 13.5. The summed E-state index contributed by atoms with van der Waals surface area (Å²) in [5.41, 5.74) is 0.805. The van der Waals surface area contributed by atoms with Gasteiger partial charge in [0.15, 0.2) is 6.10 Å². The summed E-state index contributed by atoms with van der Waals surface area (Å²) in [6, 6.07) is 13.3. The molecule has 0 radical (unpaired) electrons. The Kier molecular flexibility index (Phi) is 6.97. The Balaban J connectivity index is 1.94. The Hall–Kier alpha value is -2.60. The van der Waals surface area contributed by atoms with Crippen LogP contribution in [0.25, 0.3) is 0 Å². The maximum Gasteiger partial charge on any atom is 0.260 e. The minimum atomic E-state index is -0.654. The van der Waals surface area contributed by atoms with Crippen molar-refractivity contribution in [2.45, 2.75) is 19.1 Å². The van der Waals surface area contributed by atoms with Gasteiger partial charge >= 0.3 is 0 Å². The molecule has 2 aromatic carbocycles. The summed E-state index contributed by atoms with van der Waals surface area (Å²) in [6.45, 7) is 2.04. The highest BCUT2D eigenvalue weighted by Crippen LogP contribution is 2.20. The third-order valence-electron chi connectivity index (χ3n) is 4.07. The van der Waals surface area contributed by atoms with Crippen molar-refractivity contribution in [3.05, 3.63) is 59.9 Å². The molecule has 5 nitrogen and oxygen atoms in total. The number of halogens is 1. The Bertz CT molecular complexity index is 719. The second-order valence-electron chi connectivity index (χ2n) is 6.22. The van der Waals surface area contributed by atoms with Gasteiger partial charge < -0.3 is 19.7 Å². The van der Waals surface area contributed by atoms with Crippen LogP contribution in [-0.2, 0) is 4.79 Å². The lowest BCUT2D eigenvalue weighted by molar-refractivity contribution is -0.127. The van der Waals surface area contributed by atoms with Crippen molar-refractivity contribution in [2.24, 2.45) is 0 Å². The summed E-state index contributed by atoms with van der Waals surface area (Å²) in [5.74, 6) is 0.780. The van der Waals surface area contributed by atoms with E-state index in [9.17, 15) is 9.18 Å². The van der Waals surface area contributed by atoms with Crippen LogP contribution < -0.4 is 14.8 Å². The largest absolute Gasteiger partial charge is 0.497 e. The Morgan fingerprint density at radius 1 is 1.15 bits per heavy atom. The standard InChI is InChI=1S/C20H25FN2O3/c1-14(26-18-10-8-17(25-4)9-11-18)20(24)22-13-19(23(2)3)15-6-5-7-16(21)12-15/h5-12,14,19H,13H2,1-4H3,(H,22,24). The van der Waals surface area contributed by atoms with Gasteiger partial charge in [0, 0.05) is 6.54 Å². The van der Waals surface area contributed by atoms with Gasteiger partial charge in [-0.2, -0.15) is 0 Å². The summed E-state index contributed by atoms with van der Waals surface area (Å²) < 4.78 is 24.2. The van der Waals surface area contributed by atoms with Crippen molar-refractivity contribution in [1.82, 2.24) is 10.2 Å². The number of hydrogen-bond donors (Lipinski definition) is 1. The molecule has 0 aliphatic rings. The lowest BCUT2D eigenvalue weighted by Crippen LogP contribution is -2.41. The Morgan fingerprint density at radius 3 is 2.38 bits per heavy atom. The van der Waals surface area contributed by atoms with Gasteiger partial charge in [-0.3, -0.25) is 4.79 Å². The zero-order valence-corrected chi connectivity index (χ0v) is 15.5. The van der Waals surface area contributed by atoms with E-state index in [1.54, 1.807) is 44.4 Å². The smallest absolute Gasteiger partial charge is 0.260 e. The molecular weight excluding hydrogens is 335 g/mol. The molecule has 0 saturated heterocycles. The van der Waals surface area contributed by atoms with E-state index in [4.69, 9.17) is 9.47 Å². The highest BCUT2D eigenvalue weighted by atomic mass is 19.1. The fourth-order valence-electron chi connectivity index (χ4n) is 2.57. The molecule has 6 heteroatoms. The van der Waals surface area contributed by atoms with Gasteiger partial charge in [-0.1, -0.05) is 12.1 Å². The van der Waals surface area contributed by atoms with Crippen LogP contribution >= 0.6 is 0 Å². The normalized spacial score (nSPS) is 13.2. The van der Waals surface area contributed by atoms with Crippen molar-refractivity contribution in [2.75, 3.05) is 27.7 Å². The van der Waals surface area contributed by atoms with E-state index in [1.165, 1.54) is 12.1 Å². The van der Waals surface area contributed by atoms with Crippen LogP contribution in [0.15, 0.2) is 48.5 Å². The number of likely N-dealkylation sites (N-methyl/N-ethyl adjacent to an activating group) is 1. The molecule has 26 heavy (non-hydrogen) atoms. The molecule has 0 heterocycles. The fraction of sp³-hybridized carbons (Fsp3) is 0.350. The summed E-state index contributed by atoms with van der Waals surface area (Å²) in [7, 11) is 5.36. The number of benzene rings is 2. The number of nitrogens with one attached hydrogen (secondary N) is 1. The summed E-state index contributed by atoms with van der Waals surface area (Å²) in [6.07, 6.45) is -0.654. The van der Waals surface area contributed by atoms with Gasteiger partial charge in [0.2, 0.25) is 0 Å². The number of rotatable bonds is 8. The van der Waals surface area contributed by atoms with Crippen molar-refractivity contribution in [3.63, 3.8) is 0 Å². The van der Waals surface area contributed by atoms with Crippen LogP contribution in [0.1, 0.15) is 18.5 Å². The van der Waals surface area contributed by atoms with E-state index < -0.39 is 6.10 Å². The molecule has 0 spiro atoms. The topological polar surface area (TPSA) is 50.8 Å². The second-order valence-corrected chi connectivity index (χ2v) is 6.22. The quantitative estimate of drug-likeness (QED) is 0.786. The van der Waals surface area contributed by atoms with E-state index in [2.05, 4.69) is 5.32 Å². The molecular formula is C20H25FN2O3. The van der Waals surface area contributed by atoms with Gasteiger partial charge in [0.05, 0.1) is 13.2 Å². The summed E-state index contributed by atoms with van der Waals surface area (Å²) in [4.78, 5) is 14.3. The van der Waals surface area contributed by atoms with Crippen molar-refractivity contribution < 1.29 is 18.7 Å². The highest BCUT2D eigenvalue weighted by molar-refractivity contribution is 5.80. The van der Waals surface area contributed by atoms with Crippen molar-refractivity contribution >= 4 is 5.91 Å².